The zero-order chi connectivity index (χ0) is 16.6. The Balaban J connectivity index is 2.91. The van der Waals surface area contributed by atoms with Crippen LogP contribution >= 0.6 is 0 Å². The third-order valence-corrected chi connectivity index (χ3v) is 6.16. The van der Waals surface area contributed by atoms with Crippen molar-refractivity contribution in [2.24, 2.45) is 0 Å². The molecule has 1 aromatic rings. The van der Waals surface area contributed by atoms with Gasteiger partial charge in [0.25, 0.3) is 0 Å². The lowest BCUT2D eigenvalue weighted by atomic mass is 10.1. The number of hydrogen-bond donors (Lipinski definition) is 0. The fourth-order valence-electron chi connectivity index (χ4n) is 2.50. The van der Waals surface area contributed by atoms with Crippen molar-refractivity contribution in [3.8, 4) is 0 Å². The van der Waals surface area contributed by atoms with Crippen LogP contribution in [0.4, 0.5) is 0 Å². The number of hydrogen-bond acceptors (Lipinski definition) is 2. The van der Waals surface area contributed by atoms with Gasteiger partial charge in [0.2, 0.25) is 0 Å². The molecule has 0 saturated heterocycles. The van der Waals surface area contributed by atoms with Gasteiger partial charge in [0, 0.05) is 0 Å². The average Bonchev–Trinajstić information content (AvgIpc) is 2.46. The summed E-state index contributed by atoms with van der Waals surface area (Å²) < 4.78 is 5.04. The predicted molar refractivity (Wildman–Crippen MR) is 97.2 cm³/mol. The maximum absolute atomic E-state index is 11.7. The number of esters is 1. The van der Waals surface area contributed by atoms with Crippen molar-refractivity contribution in [3.05, 3.63) is 47.5 Å². The fourth-order valence-corrected chi connectivity index (χ4v) is 4.40. The van der Waals surface area contributed by atoms with E-state index in [1.54, 1.807) is 0 Å². The summed E-state index contributed by atoms with van der Waals surface area (Å²) in [4.78, 5) is 11.7. The molecule has 1 unspecified atom stereocenters. The summed E-state index contributed by atoms with van der Waals surface area (Å²) in [5.74, 6) is -0.239. The molecule has 1 rings (SSSR count). The monoisotopic (exact) mass is 318 g/mol. The third kappa shape index (κ3) is 5.80. The average molecular weight is 319 g/mol. The van der Waals surface area contributed by atoms with E-state index in [0.29, 0.717) is 17.7 Å². The largest absolute Gasteiger partial charge is 0.462 e. The molecule has 0 saturated carbocycles. The minimum atomic E-state index is -1.35. The summed E-state index contributed by atoms with van der Waals surface area (Å²) in [7, 11) is -1.35. The van der Waals surface area contributed by atoms with E-state index in [0.717, 1.165) is 6.42 Å². The molecule has 0 aliphatic rings. The predicted octanol–water partition coefficient (Wildman–Crippen LogP) is 5.57. The van der Waals surface area contributed by atoms with Crippen molar-refractivity contribution in [3.63, 3.8) is 0 Å². The topological polar surface area (TPSA) is 26.3 Å². The number of carbonyl (C=O) groups excluding carboxylic acids is 1. The molecular formula is C19H30O2Si. The second-order valence-electron chi connectivity index (χ2n) is 6.76. The second-order valence-corrected chi connectivity index (χ2v) is 12.1. The Kier molecular flexibility index (Phi) is 7.59. The highest BCUT2D eigenvalue weighted by molar-refractivity contribution is 6.78. The van der Waals surface area contributed by atoms with Gasteiger partial charge in [0.1, 0.15) is 0 Å². The highest BCUT2D eigenvalue weighted by Gasteiger charge is 2.26. The van der Waals surface area contributed by atoms with Gasteiger partial charge in [0.05, 0.1) is 20.2 Å². The summed E-state index contributed by atoms with van der Waals surface area (Å²) in [5.41, 5.74) is 2.43. The van der Waals surface area contributed by atoms with Crippen molar-refractivity contribution in [2.75, 3.05) is 6.61 Å². The molecule has 2 nitrogen and oxygen atoms in total. The molecule has 0 N–H and O–H groups in total. The van der Waals surface area contributed by atoms with Crippen LogP contribution in [0.5, 0.6) is 0 Å². The third-order valence-electron chi connectivity index (χ3n) is 3.77. The number of rotatable bonds is 8. The van der Waals surface area contributed by atoms with Crippen LogP contribution < -0.4 is 0 Å². The second kappa shape index (κ2) is 8.94. The first-order valence-corrected chi connectivity index (χ1v) is 11.9. The molecule has 0 amide bonds. The Morgan fingerprint density at radius 2 is 1.82 bits per heavy atom. The lowest BCUT2D eigenvalue weighted by Crippen LogP contribution is -2.29. The van der Waals surface area contributed by atoms with Crippen LogP contribution in [0.15, 0.2) is 36.4 Å². The molecule has 0 bridgehead atoms. The maximum atomic E-state index is 11.7. The lowest BCUT2D eigenvalue weighted by molar-refractivity contribution is 0.0526. The lowest BCUT2D eigenvalue weighted by Gasteiger charge is -2.27. The minimum Gasteiger partial charge on any atom is -0.462 e. The van der Waals surface area contributed by atoms with Crippen LogP contribution in [0.2, 0.25) is 19.6 Å². The Morgan fingerprint density at radius 1 is 1.18 bits per heavy atom. The zero-order valence-electron chi connectivity index (χ0n) is 14.7. The summed E-state index contributed by atoms with van der Waals surface area (Å²) in [6.45, 7) is 11.6. The molecule has 0 spiro atoms. The van der Waals surface area contributed by atoms with Crippen molar-refractivity contribution < 1.29 is 9.53 Å². The molecule has 1 aromatic carbocycles. The Morgan fingerprint density at radius 3 is 2.32 bits per heavy atom. The molecule has 122 valence electrons. The van der Waals surface area contributed by atoms with Crippen molar-refractivity contribution >= 4 is 14.0 Å². The standard InChI is InChI=1S/C19H30O2Si/c1-6-8-9-10-11-18(22(3,4)5)16-12-14-17(15-13-16)19(20)21-7-2/h10-15,18H,6-9H2,1-5H3/b11-10+. The van der Waals surface area contributed by atoms with Gasteiger partial charge in [-0.05, 0) is 36.6 Å². The van der Waals surface area contributed by atoms with Crippen molar-refractivity contribution in [1.82, 2.24) is 0 Å². The van der Waals surface area contributed by atoms with E-state index < -0.39 is 8.07 Å². The SMILES string of the molecule is CCCC/C=C/C(c1ccc(C(=O)OCC)cc1)[Si](C)(C)C. The quantitative estimate of drug-likeness (QED) is 0.271. The first-order valence-electron chi connectivity index (χ1n) is 8.33. The maximum Gasteiger partial charge on any atom is 0.338 e. The number of benzene rings is 1. The summed E-state index contributed by atoms with van der Waals surface area (Å²) in [6, 6.07) is 7.94. The molecule has 3 heteroatoms. The van der Waals surface area contributed by atoms with Gasteiger partial charge >= 0.3 is 5.97 Å². The van der Waals surface area contributed by atoms with E-state index in [1.807, 2.05) is 19.1 Å². The Hall–Kier alpha value is -1.35. The van der Waals surface area contributed by atoms with Crippen LogP contribution in [0.25, 0.3) is 0 Å². The number of carbonyl (C=O) groups is 1. The van der Waals surface area contributed by atoms with Gasteiger partial charge in [-0.2, -0.15) is 0 Å². The molecule has 0 aliphatic heterocycles. The van der Waals surface area contributed by atoms with Gasteiger partial charge in [-0.25, -0.2) is 4.79 Å². The number of unbranched alkanes of at least 4 members (excludes halogenated alkanes) is 2. The summed E-state index contributed by atoms with van der Waals surface area (Å²) in [6.07, 6.45) is 8.33. The van der Waals surface area contributed by atoms with E-state index >= 15 is 0 Å². The highest BCUT2D eigenvalue weighted by atomic mass is 28.3. The van der Waals surface area contributed by atoms with Crippen LogP contribution in [0.3, 0.4) is 0 Å². The van der Waals surface area contributed by atoms with Gasteiger partial charge < -0.3 is 4.74 Å². The smallest absolute Gasteiger partial charge is 0.338 e. The van der Waals surface area contributed by atoms with Crippen molar-refractivity contribution in [1.29, 1.82) is 0 Å². The van der Waals surface area contributed by atoms with Gasteiger partial charge in [-0.1, -0.05) is 63.7 Å². The zero-order valence-corrected chi connectivity index (χ0v) is 15.7. The van der Waals surface area contributed by atoms with Gasteiger partial charge in [0.15, 0.2) is 0 Å². The van der Waals surface area contributed by atoms with Gasteiger partial charge in [-0.3, -0.25) is 0 Å². The van der Waals surface area contributed by atoms with E-state index in [1.165, 1.54) is 18.4 Å². The summed E-state index contributed by atoms with van der Waals surface area (Å²) >= 11 is 0. The molecule has 0 fully saturated rings. The van der Waals surface area contributed by atoms with Crippen LogP contribution in [-0.2, 0) is 4.74 Å². The van der Waals surface area contributed by atoms with Crippen LogP contribution in [0.1, 0.15) is 54.6 Å². The van der Waals surface area contributed by atoms with Gasteiger partial charge in [-0.15, -0.1) is 0 Å². The normalized spacial score (nSPS) is 13.3. The molecular weight excluding hydrogens is 288 g/mol. The Bertz CT molecular complexity index is 483. The van der Waals surface area contributed by atoms with Crippen LogP contribution in [0, 0.1) is 0 Å². The number of ether oxygens (including phenoxy) is 1. The van der Waals surface area contributed by atoms with E-state index in [2.05, 4.69) is 50.8 Å². The minimum absolute atomic E-state index is 0.239. The van der Waals surface area contributed by atoms with Crippen LogP contribution in [-0.4, -0.2) is 20.7 Å². The molecule has 1 atom stereocenters. The Labute approximate surface area is 136 Å². The molecule has 0 heterocycles. The molecule has 0 aromatic heterocycles. The molecule has 22 heavy (non-hydrogen) atoms. The van der Waals surface area contributed by atoms with E-state index in [-0.39, 0.29) is 5.97 Å². The fraction of sp³-hybridized carbons (Fsp3) is 0.526. The van der Waals surface area contributed by atoms with E-state index in [4.69, 9.17) is 4.74 Å². The van der Waals surface area contributed by atoms with E-state index in [9.17, 15) is 4.79 Å². The number of allylic oxidation sites excluding steroid dienone is 2. The first-order chi connectivity index (χ1) is 10.4. The molecule has 0 radical (unpaired) electrons. The first kappa shape index (κ1) is 18.7. The summed E-state index contributed by atoms with van der Waals surface area (Å²) in [5, 5.41) is 0. The van der Waals surface area contributed by atoms with Crippen molar-refractivity contribution in [2.45, 2.75) is 58.3 Å². The molecule has 0 aliphatic carbocycles. The highest BCUT2D eigenvalue weighted by Crippen LogP contribution is 2.29.